The molecule has 1 aromatic rings. The summed E-state index contributed by atoms with van der Waals surface area (Å²) in [4.78, 5) is 17.0. The van der Waals surface area contributed by atoms with Crippen molar-refractivity contribution in [2.24, 2.45) is 5.73 Å². The molecule has 0 atom stereocenters. The smallest absolute Gasteiger partial charge is 0.403 e. The van der Waals surface area contributed by atoms with Crippen LogP contribution in [0.15, 0.2) is 16.6 Å². The van der Waals surface area contributed by atoms with Gasteiger partial charge in [0.1, 0.15) is 5.82 Å². The lowest BCUT2D eigenvalue weighted by atomic mass is 10.1. The van der Waals surface area contributed by atoms with Crippen LogP contribution in [0.2, 0.25) is 5.02 Å². The molecule has 1 rings (SSSR count). The minimum atomic E-state index is -4.68. The maximum Gasteiger partial charge on any atom is 0.524 e. The van der Waals surface area contributed by atoms with Gasteiger partial charge < -0.3 is 25.6 Å². The van der Waals surface area contributed by atoms with Crippen molar-refractivity contribution in [2.75, 3.05) is 19.8 Å². The first kappa shape index (κ1) is 21.7. The minimum absolute atomic E-state index is 0.00495. The van der Waals surface area contributed by atoms with E-state index in [0.29, 0.717) is 0 Å². The van der Waals surface area contributed by atoms with E-state index in [1.165, 1.54) is 0 Å². The van der Waals surface area contributed by atoms with Crippen LogP contribution in [-0.2, 0) is 4.57 Å². The zero-order valence-electron chi connectivity index (χ0n) is 11.0. The topological polar surface area (TPSA) is 153 Å². The molecule has 0 aliphatic heterocycles. The number of rotatable bonds is 5. The molecule has 0 unspecified atom stereocenters. The minimum Gasteiger partial charge on any atom is -0.403 e. The number of aliphatic hydroxyl groups excluding tert-OH is 3. The number of aliphatic hydroxyl groups is 3. The molecular weight excluding hydrogens is 411 g/mol. The number of hydrogen-bond donors (Lipinski definition) is 6. The molecule has 0 heterocycles. The second-order valence-corrected chi connectivity index (χ2v) is 6.54. The van der Waals surface area contributed by atoms with Crippen LogP contribution >= 0.6 is 35.4 Å². The zero-order chi connectivity index (χ0) is 17.6. The number of phosphoric acid groups is 1. The van der Waals surface area contributed by atoms with Crippen LogP contribution in [0.25, 0.3) is 0 Å². The molecule has 0 spiro atoms. The van der Waals surface area contributed by atoms with Crippen molar-refractivity contribution in [3.63, 3.8) is 0 Å². The quantitative estimate of drug-likeness (QED) is 0.292. The van der Waals surface area contributed by atoms with Gasteiger partial charge in [0.05, 0.1) is 34.9 Å². The van der Waals surface area contributed by atoms with Gasteiger partial charge in [0.2, 0.25) is 0 Å². The third-order valence-electron chi connectivity index (χ3n) is 2.14. The number of halogens is 3. The molecular formula is C10H15BrClFNO7P. The van der Waals surface area contributed by atoms with E-state index in [0.717, 1.165) is 12.1 Å². The van der Waals surface area contributed by atoms with Crippen LogP contribution in [-0.4, -0.2) is 50.5 Å². The number of hydrogen-bond acceptors (Lipinski definition) is 6. The molecule has 128 valence electrons. The van der Waals surface area contributed by atoms with Crippen LogP contribution in [0, 0.1) is 5.82 Å². The van der Waals surface area contributed by atoms with Gasteiger partial charge in [-0.05, 0) is 28.1 Å². The predicted octanol–water partition coefficient (Wildman–Crippen LogP) is 0.374. The molecule has 0 saturated heterocycles. The van der Waals surface area contributed by atoms with E-state index in [4.69, 9.17) is 42.4 Å². The van der Waals surface area contributed by atoms with E-state index >= 15 is 0 Å². The standard InChI is InChI=1S/C6H4BrClFO4P.C4H11NO3/c7-3-1-6(13-14(10,11)12)4(8)2-5(3)9;5-4(1-6,2-7)3-8/h1-2H,(H2,10,11,12);6-8H,1-3,5H2. The monoisotopic (exact) mass is 425 g/mol. The predicted molar refractivity (Wildman–Crippen MR) is 80.0 cm³/mol. The summed E-state index contributed by atoms with van der Waals surface area (Å²) < 4.78 is 27.5. The highest BCUT2D eigenvalue weighted by atomic mass is 79.9. The van der Waals surface area contributed by atoms with Gasteiger partial charge in [-0.1, -0.05) is 11.6 Å². The fourth-order valence-corrected chi connectivity index (χ4v) is 1.82. The lowest BCUT2D eigenvalue weighted by molar-refractivity contribution is 0.0697. The second-order valence-electron chi connectivity index (χ2n) is 4.12. The lowest BCUT2D eigenvalue weighted by Gasteiger charge is -2.20. The SMILES string of the molecule is NC(CO)(CO)CO.O=P(O)(O)Oc1cc(Br)c(F)cc1Cl. The summed E-state index contributed by atoms with van der Waals surface area (Å²) >= 11 is 8.30. The molecule has 0 aliphatic rings. The molecule has 8 nitrogen and oxygen atoms in total. The van der Waals surface area contributed by atoms with Crippen molar-refractivity contribution in [2.45, 2.75) is 5.54 Å². The average Bonchev–Trinajstić information content (AvgIpc) is 2.43. The van der Waals surface area contributed by atoms with E-state index in [-0.39, 0.29) is 15.2 Å². The van der Waals surface area contributed by atoms with E-state index in [9.17, 15) is 8.96 Å². The summed E-state index contributed by atoms with van der Waals surface area (Å²) in [7, 11) is -4.68. The fraction of sp³-hybridized carbons (Fsp3) is 0.400. The Morgan fingerprint density at radius 2 is 1.73 bits per heavy atom. The lowest BCUT2D eigenvalue weighted by Crippen LogP contribution is -2.50. The van der Waals surface area contributed by atoms with Crippen LogP contribution in [0.1, 0.15) is 0 Å². The molecule has 12 heteroatoms. The second kappa shape index (κ2) is 9.11. The van der Waals surface area contributed by atoms with Gasteiger partial charge in [-0.2, -0.15) is 0 Å². The van der Waals surface area contributed by atoms with Crippen LogP contribution in [0.5, 0.6) is 5.75 Å². The molecule has 0 radical (unpaired) electrons. The Labute approximate surface area is 138 Å². The number of nitrogens with two attached hydrogens (primary N) is 1. The molecule has 0 saturated carbocycles. The number of phosphoric ester groups is 1. The first-order chi connectivity index (χ1) is 9.98. The van der Waals surface area contributed by atoms with Gasteiger partial charge in [0.25, 0.3) is 0 Å². The molecule has 0 fully saturated rings. The summed E-state index contributed by atoms with van der Waals surface area (Å²) in [5.74, 6) is -0.929. The van der Waals surface area contributed by atoms with E-state index in [2.05, 4.69) is 20.5 Å². The maximum absolute atomic E-state index is 12.8. The van der Waals surface area contributed by atoms with Crippen LogP contribution in [0.4, 0.5) is 4.39 Å². The molecule has 0 amide bonds. The Hall–Kier alpha value is -0.290. The summed E-state index contributed by atoms with van der Waals surface area (Å²) in [6.45, 7) is -1.21. The van der Waals surface area contributed by atoms with Gasteiger partial charge in [-0.25, -0.2) is 8.96 Å². The Kier molecular flexibility index (Phi) is 8.99. The highest BCUT2D eigenvalue weighted by molar-refractivity contribution is 9.10. The van der Waals surface area contributed by atoms with Crippen molar-refractivity contribution in [3.8, 4) is 5.75 Å². The highest BCUT2D eigenvalue weighted by Crippen LogP contribution is 2.42. The molecule has 0 aromatic heterocycles. The van der Waals surface area contributed by atoms with Crippen molar-refractivity contribution in [1.29, 1.82) is 0 Å². The largest absolute Gasteiger partial charge is 0.524 e. The summed E-state index contributed by atoms with van der Waals surface area (Å²) in [6.07, 6.45) is 0. The molecule has 22 heavy (non-hydrogen) atoms. The van der Waals surface area contributed by atoms with Gasteiger partial charge in [0, 0.05) is 0 Å². The van der Waals surface area contributed by atoms with Gasteiger partial charge >= 0.3 is 7.82 Å². The van der Waals surface area contributed by atoms with Gasteiger partial charge in [-0.3, -0.25) is 9.79 Å². The van der Waals surface area contributed by atoms with Crippen molar-refractivity contribution in [1.82, 2.24) is 0 Å². The third-order valence-corrected chi connectivity index (χ3v) is 3.47. The van der Waals surface area contributed by atoms with Crippen molar-refractivity contribution in [3.05, 3.63) is 27.4 Å². The molecule has 7 N–H and O–H groups in total. The normalized spacial score (nSPS) is 11.7. The van der Waals surface area contributed by atoms with Crippen molar-refractivity contribution >= 4 is 35.4 Å². The summed E-state index contributed by atoms with van der Waals surface area (Å²) in [6, 6.07) is 1.92. The van der Waals surface area contributed by atoms with Crippen LogP contribution < -0.4 is 10.3 Å². The molecule has 1 aromatic carbocycles. The first-order valence-corrected chi connectivity index (χ1v) is 8.19. The summed E-state index contributed by atoms with van der Waals surface area (Å²) in [5, 5.41) is 24.8. The van der Waals surface area contributed by atoms with Crippen LogP contribution in [0.3, 0.4) is 0 Å². The van der Waals surface area contributed by atoms with E-state index in [1.54, 1.807) is 0 Å². The zero-order valence-corrected chi connectivity index (χ0v) is 14.2. The Morgan fingerprint density at radius 1 is 1.27 bits per heavy atom. The van der Waals surface area contributed by atoms with E-state index in [1.807, 2.05) is 0 Å². The fourth-order valence-electron chi connectivity index (χ4n) is 0.852. The van der Waals surface area contributed by atoms with Crippen molar-refractivity contribution < 1.29 is 38.6 Å². The van der Waals surface area contributed by atoms with Gasteiger partial charge in [-0.15, -0.1) is 0 Å². The summed E-state index contributed by atoms with van der Waals surface area (Å²) in [5.41, 5.74) is 3.94. The first-order valence-electron chi connectivity index (χ1n) is 5.49. The highest BCUT2D eigenvalue weighted by Gasteiger charge is 2.21. The Balaban J connectivity index is 0.000000472. The third kappa shape index (κ3) is 7.82. The number of benzene rings is 1. The molecule has 0 bridgehead atoms. The molecule has 0 aliphatic carbocycles. The average molecular weight is 427 g/mol. The van der Waals surface area contributed by atoms with E-state index < -0.39 is 39.0 Å². The van der Waals surface area contributed by atoms with Gasteiger partial charge in [0.15, 0.2) is 5.75 Å². The Morgan fingerprint density at radius 3 is 2.05 bits per heavy atom. The Bertz CT molecular complexity index is 532. The maximum atomic E-state index is 12.8.